The van der Waals surface area contributed by atoms with Crippen LogP contribution in [0.15, 0.2) is 22.6 Å². The third-order valence-corrected chi connectivity index (χ3v) is 4.18. The van der Waals surface area contributed by atoms with E-state index in [1.54, 1.807) is 26.2 Å². The highest BCUT2D eigenvalue weighted by Crippen LogP contribution is 2.25. The first-order valence-corrected chi connectivity index (χ1v) is 8.39. The van der Waals surface area contributed by atoms with E-state index in [1.165, 1.54) is 4.90 Å². The van der Waals surface area contributed by atoms with Crippen molar-refractivity contribution in [2.75, 3.05) is 27.3 Å². The van der Waals surface area contributed by atoms with Gasteiger partial charge in [0.25, 0.3) is 11.8 Å². The number of aryl methyl sites for hydroxylation is 1. The lowest BCUT2D eigenvalue weighted by molar-refractivity contribution is 0.0717. The number of benzene rings is 1. The molecule has 1 unspecified atom stereocenters. The molecule has 134 valence electrons. The second-order valence-corrected chi connectivity index (χ2v) is 6.42. The Morgan fingerprint density at radius 1 is 1.36 bits per heavy atom. The average molecular weight is 345 g/mol. The van der Waals surface area contributed by atoms with Gasteiger partial charge in [0, 0.05) is 26.3 Å². The first-order chi connectivity index (χ1) is 12.0. The smallest absolute Gasteiger partial charge is 0.253 e. The van der Waals surface area contributed by atoms with E-state index in [-0.39, 0.29) is 18.4 Å². The number of aromatic nitrogens is 2. The zero-order chi connectivity index (χ0) is 17.8. The highest BCUT2D eigenvalue weighted by molar-refractivity contribution is 5.94. The van der Waals surface area contributed by atoms with Crippen molar-refractivity contribution in [2.45, 2.75) is 32.3 Å². The fourth-order valence-electron chi connectivity index (χ4n) is 2.71. The van der Waals surface area contributed by atoms with Gasteiger partial charge in [0.2, 0.25) is 5.89 Å². The van der Waals surface area contributed by atoms with Crippen molar-refractivity contribution < 1.29 is 18.7 Å². The molecule has 1 atom stereocenters. The number of amides is 1. The van der Waals surface area contributed by atoms with Gasteiger partial charge in [-0.3, -0.25) is 4.79 Å². The normalized spacial score (nSPS) is 17.3. The second-order valence-electron chi connectivity index (χ2n) is 6.42. The third-order valence-electron chi connectivity index (χ3n) is 4.18. The minimum absolute atomic E-state index is 0.0674. The molecule has 1 fully saturated rings. The first kappa shape index (κ1) is 17.4. The molecule has 25 heavy (non-hydrogen) atoms. The summed E-state index contributed by atoms with van der Waals surface area (Å²) in [5.41, 5.74) is 1.52. The van der Waals surface area contributed by atoms with Crippen LogP contribution in [0.5, 0.6) is 5.75 Å². The minimum atomic E-state index is -0.0674. The van der Waals surface area contributed by atoms with Crippen LogP contribution in [-0.4, -0.2) is 48.3 Å². The van der Waals surface area contributed by atoms with Crippen molar-refractivity contribution in [3.8, 4) is 5.75 Å². The summed E-state index contributed by atoms with van der Waals surface area (Å²) in [6.07, 6.45) is 2.00. The van der Waals surface area contributed by atoms with E-state index in [2.05, 4.69) is 10.2 Å². The molecule has 0 radical (unpaired) electrons. The monoisotopic (exact) mass is 345 g/mol. The van der Waals surface area contributed by atoms with Crippen LogP contribution in [0.3, 0.4) is 0 Å². The molecule has 3 rings (SSSR count). The number of hydrogen-bond acceptors (Lipinski definition) is 6. The molecule has 0 bridgehead atoms. The van der Waals surface area contributed by atoms with Gasteiger partial charge in [0.15, 0.2) is 6.61 Å². The van der Waals surface area contributed by atoms with Crippen LogP contribution in [0, 0.1) is 6.92 Å². The van der Waals surface area contributed by atoms with Crippen molar-refractivity contribution >= 4 is 5.91 Å². The fraction of sp³-hybridized carbons (Fsp3) is 0.500. The van der Waals surface area contributed by atoms with Gasteiger partial charge in [0.1, 0.15) is 5.75 Å². The molecule has 0 saturated carbocycles. The van der Waals surface area contributed by atoms with E-state index in [0.29, 0.717) is 29.7 Å². The molecule has 1 aliphatic heterocycles. The predicted octanol–water partition coefficient (Wildman–Crippen LogP) is 2.55. The Morgan fingerprint density at radius 3 is 2.92 bits per heavy atom. The topological polar surface area (TPSA) is 77.7 Å². The standard InChI is InChI=1S/C18H23N3O4/c1-12-6-7-13(18(22)21(2)3)9-15(12)24-11-16-19-20-17(25-16)14-5-4-8-23-10-14/h6-7,9,14H,4-5,8,10-11H2,1-3H3. The largest absolute Gasteiger partial charge is 0.484 e. The molecule has 1 aromatic carbocycles. The van der Waals surface area contributed by atoms with Crippen LogP contribution in [0.25, 0.3) is 0 Å². The molecule has 2 aromatic rings. The second kappa shape index (κ2) is 7.65. The van der Waals surface area contributed by atoms with Crippen LogP contribution >= 0.6 is 0 Å². The summed E-state index contributed by atoms with van der Waals surface area (Å²) in [4.78, 5) is 13.6. The van der Waals surface area contributed by atoms with Crippen LogP contribution in [-0.2, 0) is 11.3 Å². The van der Waals surface area contributed by atoms with E-state index in [1.807, 2.05) is 13.0 Å². The van der Waals surface area contributed by atoms with Crippen molar-refractivity contribution in [1.29, 1.82) is 0 Å². The number of hydrogen-bond donors (Lipinski definition) is 0. The fourth-order valence-corrected chi connectivity index (χ4v) is 2.71. The summed E-state index contributed by atoms with van der Waals surface area (Å²) in [6.45, 7) is 3.51. The number of carbonyl (C=O) groups is 1. The van der Waals surface area contributed by atoms with Crippen molar-refractivity contribution in [3.63, 3.8) is 0 Å². The Bertz CT molecular complexity index is 736. The zero-order valence-electron chi connectivity index (χ0n) is 14.8. The molecule has 7 heteroatoms. The van der Waals surface area contributed by atoms with Gasteiger partial charge in [-0.15, -0.1) is 10.2 Å². The lowest BCUT2D eigenvalue weighted by atomic mass is 10.0. The number of rotatable bonds is 5. The molecule has 0 spiro atoms. The van der Waals surface area contributed by atoms with E-state index in [4.69, 9.17) is 13.9 Å². The molecule has 0 N–H and O–H groups in total. The lowest BCUT2D eigenvalue weighted by Gasteiger charge is -2.18. The molecule has 1 amide bonds. The van der Waals surface area contributed by atoms with E-state index in [0.717, 1.165) is 25.0 Å². The Morgan fingerprint density at radius 2 is 2.20 bits per heavy atom. The molecular formula is C18H23N3O4. The molecule has 0 aliphatic carbocycles. The maximum Gasteiger partial charge on any atom is 0.253 e. The van der Waals surface area contributed by atoms with Gasteiger partial charge in [0.05, 0.1) is 12.5 Å². The van der Waals surface area contributed by atoms with Gasteiger partial charge < -0.3 is 18.8 Å². The molecule has 1 aromatic heterocycles. The number of carbonyl (C=O) groups excluding carboxylic acids is 1. The highest BCUT2D eigenvalue weighted by Gasteiger charge is 2.22. The van der Waals surface area contributed by atoms with Crippen molar-refractivity contribution in [2.24, 2.45) is 0 Å². The zero-order valence-corrected chi connectivity index (χ0v) is 14.8. The Kier molecular flexibility index (Phi) is 5.33. The summed E-state index contributed by atoms with van der Waals surface area (Å²) < 4.78 is 16.9. The van der Waals surface area contributed by atoms with Crippen LogP contribution in [0.1, 0.15) is 46.5 Å². The predicted molar refractivity (Wildman–Crippen MR) is 90.6 cm³/mol. The van der Waals surface area contributed by atoms with Crippen LogP contribution in [0.2, 0.25) is 0 Å². The Balaban J connectivity index is 1.66. The highest BCUT2D eigenvalue weighted by atomic mass is 16.5. The maximum absolute atomic E-state index is 12.1. The van der Waals surface area contributed by atoms with Crippen molar-refractivity contribution in [1.82, 2.24) is 15.1 Å². The van der Waals surface area contributed by atoms with E-state index in [9.17, 15) is 4.79 Å². The van der Waals surface area contributed by atoms with E-state index >= 15 is 0 Å². The van der Waals surface area contributed by atoms with Crippen molar-refractivity contribution in [3.05, 3.63) is 41.1 Å². The Hall–Kier alpha value is -2.41. The molecule has 2 heterocycles. The van der Waals surface area contributed by atoms with Gasteiger partial charge in [-0.2, -0.15) is 0 Å². The quantitative estimate of drug-likeness (QED) is 0.829. The summed E-state index contributed by atoms with van der Waals surface area (Å²) in [5, 5.41) is 8.16. The van der Waals surface area contributed by atoms with E-state index < -0.39 is 0 Å². The summed E-state index contributed by atoms with van der Waals surface area (Å²) in [5.74, 6) is 1.75. The molecular weight excluding hydrogens is 322 g/mol. The third kappa shape index (κ3) is 4.17. The van der Waals surface area contributed by atoms with Crippen LogP contribution in [0.4, 0.5) is 0 Å². The SMILES string of the molecule is Cc1ccc(C(=O)N(C)C)cc1OCc1nnc(C2CCCOC2)o1. The number of nitrogens with zero attached hydrogens (tertiary/aromatic N) is 3. The van der Waals surface area contributed by atoms with Gasteiger partial charge in [-0.1, -0.05) is 6.07 Å². The minimum Gasteiger partial charge on any atom is -0.484 e. The molecule has 1 aliphatic rings. The molecule has 1 saturated heterocycles. The van der Waals surface area contributed by atoms with Gasteiger partial charge in [-0.25, -0.2) is 0 Å². The van der Waals surface area contributed by atoms with Gasteiger partial charge >= 0.3 is 0 Å². The first-order valence-electron chi connectivity index (χ1n) is 8.39. The summed E-state index contributed by atoms with van der Waals surface area (Å²) >= 11 is 0. The maximum atomic E-state index is 12.1. The Labute approximate surface area is 146 Å². The average Bonchev–Trinajstić information content (AvgIpc) is 3.10. The lowest BCUT2D eigenvalue weighted by Crippen LogP contribution is -2.21. The molecule has 7 nitrogen and oxygen atoms in total. The number of ether oxygens (including phenoxy) is 2. The van der Waals surface area contributed by atoms with Gasteiger partial charge in [-0.05, 0) is 37.5 Å². The summed E-state index contributed by atoms with van der Waals surface area (Å²) in [7, 11) is 3.44. The van der Waals surface area contributed by atoms with Crippen LogP contribution < -0.4 is 4.74 Å². The summed E-state index contributed by atoms with van der Waals surface area (Å²) in [6, 6.07) is 5.40.